The summed E-state index contributed by atoms with van der Waals surface area (Å²) < 4.78 is 3.43. The molecular weight excluding hydrogens is 314 g/mol. The van der Waals surface area contributed by atoms with Gasteiger partial charge in [-0.15, -0.1) is 0 Å². The smallest absolute Gasteiger partial charge is 0.274 e. The quantitative estimate of drug-likeness (QED) is 0.685. The number of pyridine rings is 1. The van der Waals surface area contributed by atoms with Crippen LogP contribution in [0.25, 0.3) is 21.8 Å². The van der Waals surface area contributed by atoms with Crippen LogP contribution in [-0.4, -0.2) is 33.0 Å². The van der Waals surface area contributed by atoms with Crippen molar-refractivity contribution in [1.82, 2.24) is 14.0 Å². The van der Waals surface area contributed by atoms with Crippen LogP contribution in [0.5, 0.6) is 0 Å². The van der Waals surface area contributed by atoms with Crippen molar-refractivity contribution in [3.63, 3.8) is 0 Å². The van der Waals surface area contributed by atoms with Crippen LogP contribution in [0.15, 0.2) is 35.3 Å². The molecule has 0 radical (unpaired) electrons. The van der Waals surface area contributed by atoms with E-state index in [2.05, 4.69) is 6.92 Å². The minimum atomic E-state index is -0.0717. The number of aryl methyl sites for hydroxylation is 2. The average molecular weight is 337 g/mol. The monoisotopic (exact) mass is 337 g/mol. The number of nitrogens with zero attached hydrogens (tertiary/aromatic N) is 3. The molecular formula is C20H23N3O2. The van der Waals surface area contributed by atoms with Crippen LogP contribution in [0, 0.1) is 5.92 Å². The summed E-state index contributed by atoms with van der Waals surface area (Å²) in [5.41, 5.74) is 2.13. The topological polar surface area (TPSA) is 47.2 Å². The molecule has 1 saturated heterocycles. The van der Waals surface area contributed by atoms with Gasteiger partial charge >= 0.3 is 0 Å². The van der Waals surface area contributed by atoms with Crippen molar-refractivity contribution < 1.29 is 4.79 Å². The minimum Gasteiger partial charge on any atom is -0.339 e. The molecule has 1 aromatic carbocycles. The zero-order valence-corrected chi connectivity index (χ0v) is 15.0. The summed E-state index contributed by atoms with van der Waals surface area (Å²) >= 11 is 0. The molecule has 2 aromatic heterocycles. The molecule has 4 rings (SSSR count). The zero-order chi connectivity index (χ0) is 17.7. The molecule has 5 heteroatoms. The number of likely N-dealkylation sites (tertiary alicyclic amines) is 1. The van der Waals surface area contributed by atoms with Crippen LogP contribution in [0.4, 0.5) is 0 Å². The second-order valence-electron chi connectivity index (χ2n) is 7.23. The predicted octanol–water partition coefficient (Wildman–Crippen LogP) is 2.90. The minimum absolute atomic E-state index is 0.0313. The molecule has 3 aromatic rings. The molecule has 25 heavy (non-hydrogen) atoms. The van der Waals surface area contributed by atoms with Gasteiger partial charge in [0.15, 0.2) is 0 Å². The highest BCUT2D eigenvalue weighted by molar-refractivity contribution is 6.17. The van der Waals surface area contributed by atoms with E-state index in [-0.39, 0.29) is 11.5 Å². The third-order valence-corrected chi connectivity index (χ3v) is 5.52. The van der Waals surface area contributed by atoms with Crippen molar-refractivity contribution in [3.8, 4) is 0 Å². The standard InChI is InChI=1S/C20H23N3O2/c1-13-8-10-23(11-9-13)19(24)15-12-21(2)20(25)18-17(15)14-6-4-5-7-16(14)22(18)3/h4-7,12-13H,8-11H2,1-3H3. The Morgan fingerprint density at radius 3 is 2.52 bits per heavy atom. The molecule has 5 nitrogen and oxygen atoms in total. The fourth-order valence-electron chi connectivity index (χ4n) is 3.94. The first-order valence-corrected chi connectivity index (χ1v) is 8.85. The molecule has 1 fully saturated rings. The van der Waals surface area contributed by atoms with Gasteiger partial charge in [-0.1, -0.05) is 25.1 Å². The second-order valence-corrected chi connectivity index (χ2v) is 7.23. The molecule has 1 aliphatic heterocycles. The summed E-state index contributed by atoms with van der Waals surface area (Å²) in [5, 5.41) is 1.75. The number of hydrogen-bond acceptors (Lipinski definition) is 2. The lowest BCUT2D eigenvalue weighted by atomic mass is 9.98. The summed E-state index contributed by atoms with van der Waals surface area (Å²) in [7, 11) is 3.61. The number of piperidine rings is 1. The van der Waals surface area contributed by atoms with Gasteiger partial charge in [-0.2, -0.15) is 0 Å². The third-order valence-electron chi connectivity index (χ3n) is 5.52. The fourth-order valence-corrected chi connectivity index (χ4v) is 3.94. The highest BCUT2D eigenvalue weighted by Crippen LogP contribution is 2.30. The molecule has 1 amide bonds. The van der Waals surface area contributed by atoms with Crippen LogP contribution in [0.1, 0.15) is 30.1 Å². The lowest BCUT2D eigenvalue weighted by molar-refractivity contribution is 0.0698. The maximum absolute atomic E-state index is 13.2. The van der Waals surface area contributed by atoms with E-state index < -0.39 is 0 Å². The van der Waals surface area contributed by atoms with Gasteiger partial charge in [0.05, 0.1) is 5.56 Å². The maximum atomic E-state index is 13.2. The molecule has 0 bridgehead atoms. The Bertz CT molecular complexity index is 1040. The number of carbonyl (C=O) groups is 1. The van der Waals surface area contributed by atoms with Crippen molar-refractivity contribution in [2.75, 3.05) is 13.1 Å². The van der Waals surface area contributed by atoms with E-state index in [1.807, 2.05) is 40.8 Å². The summed E-state index contributed by atoms with van der Waals surface area (Å²) in [4.78, 5) is 27.9. The average Bonchev–Trinajstić information content (AvgIpc) is 2.92. The van der Waals surface area contributed by atoms with Gasteiger partial charge in [0, 0.05) is 49.7 Å². The number of rotatable bonds is 1. The molecule has 0 atom stereocenters. The summed E-state index contributed by atoms with van der Waals surface area (Å²) in [5.74, 6) is 0.700. The number of amides is 1. The van der Waals surface area contributed by atoms with E-state index in [0.717, 1.165) is 42.2 Å². The molecule has 130 valence electrons. The van der Waals surface area contributed by atoms with Crippen LogP contribution in [0.3, 0.4) is 0 Å². The second kappa shape index (κ2) is 5.76. The van der Waals surface area contributed by atoms with E-state index in [4.69, 9.17) is 0 Å². The SMILES string of the molecule is CC1CCN(C(=O)c2cn(C)c(=O)c3c2c2ccccc2n3C)CC1. The summed E-state index contributed by atoms with van der Waals surface area (Å²) in [6, 6.07) is 7.90. The van der Waals surface area contributed by atoms with Gasteiger partial charge in [0.2, 0.25) is 0 Å². The Morgan fingerprint density at radius 1 is 1.12 bits per heavy atom. The normalized spacial score (nSPS) is 16.0. The third kappa shape index (κ3) is 2.37. The van der Waals surface area contributed by atoms with Crippen LogP contribution in [0.2, 0.25) is 0 Å². The molecule has 0 aliphatic carbocycles. The van der Waals surface area contributed by atoms with Gasteiger partial charge in [-0.05, 0) is 24.8 Å². The molecule has 0 spiro atoms. The molecule has 0 unspecified atom stereocenters. The Labute approximate surface area is 146 Å². The number of carbonyl (C=O) groups excluding carboxylic acids is 1. The Hall–Kier alpha value is -2.56. The number of para-hydroxylation sites is 1. The number of aromatic nitrogens is 2. The van der Waals surface area contributed by atoms with Crippen LogP contribution >= 0.6 is 0 Å². The van der Waals surface area contributed by atoms with Crippen molar-refractivity contribution in [2.45, 2.75) is 19.8 Å². The Balaban J connectivity index is 1.98. The van der Waals surface area contributed by atoms with Crippen LogP contribution in [-0.2, 0) is 14.1 Å². The van der Waals surface area contributed by atoms with Crippen molar-refractivity contribution in [3.05, 3.63) is 46.4 Å². The molecule has 1 aliphatic rings. The highest BCUT2D eigenvalue weighted by atomic mass is 16.2. The maximum Gasteiger partial charge on any atom is 0.274 e. The van der Waals surface area contributed by atoms with E-state index in [0.29, 0.717) is 17.0 Å². The summed E-state index contributed by atoms with van der Waals surface area (Å²) in [6.45, 7) is 3.81. The van der Waals surface area contributed by atoms with E-state index >= 15 is 0 Å². The first kappa shape index (κ1) is 15.9. The van der Waals surface area contributed by atoms with Crippen molar-refractivity contribution in [2.24, 2.45) is 20.0 Å². The van der Waals surface area contributed by atoms with E-state index in [1.165, 1.54) is 4.57 Å². The fraction of sp³-hybridized carbons (Fsp3) is 0.400. The molecule has 3 heterocycles. The Kier molecular flexibility index (Phi) is 3.67. The number of fused-ring (bicyclic) bond motifs is 3. The zero-order valence-electron chi connectivity index (χ0n) is 15.0. The van der Waals surface area contributed by atoms with Gasteiger partial charge in [0.25, 0.3) is 11.5 Å². The van der Waals surface area contributed by atoms with Gasteiger partial charge in [-0.25, -0.2) is 0 Å². The molecule has 0 saturated carbocycles. The highest BCUT2D eigenvalue weighted by Gasteiger charge is 2.26. The van der Waals surface area contributed by atoms with Gasteiger partial charge in [-0.3, -0.25) is 9.59 Å². The van der Waals surface area contributed by atoms with E-state index in [1.54, 1.807) is 13.2 Å². The predicted molar refractivity (Wildman–Crippen MR) is 100.0 cm³/mol. The van der Waals surface area contributed by atoms with Crippen molar-refractivity contribution in [1.29, 1.82) is 0 Å². The van der Waals surface area contributed by atoms with Crippen molar-refractivity contribution >= 4 is 27.7 Å². The van der Waals surface area contributed by atoms with E-state index in [9.17, 15) is 9.59 Å². The van der Waals surface area contributed by atoms with Gasteiger partial charge < -0.3 is 14.0 Å². The molecule has 0 N–H and O–H groups in total. The first-order valence-electron chi connectivity index (χ1n) is 8.85. The first-order chi connectivity index (χ1) is 12.0. The van der Waals surface area contributed by atoms with Gasteiger partial charge in [0.1, 0.15) is 5.52 Å². The summed E-state index contributed by atoms with van der Waals surface area (Å²) in [6.07, 6.45) is 3.78. The lowest BCUT2D eigenvalue weighted by Crippen LogP contribution is -2.38. The largest absolute Gasteiger partial charge is 0.339 e. The number of hydrogen-bond donors (Lipinski definition) is 0. The van der Waals surface area contributed by atoms with Crippen LogP contribution < -0.4 is 5.56 Å². The lowest BCUT2D eigenvalue weighted by Gasteiger charge is -2.30. The number of benzene rings is 1. The Morgan fingerprint density at radius 2 is 1.80 bits per heavy atom.